The molecular weight excluding hydrogens is 305 g/mol. The lowest BCUT2D eigenvalue weighted by atomic mass is 10.2. The number of hydrogen-bond acceptors (Lipinski definition) is 4. The number of halogens is 3. The number of aromatic nitrogens is 3. The van der Waals surface area contributed by atoms with Crippen LogP contribution >= 0.6 is 11.8 Å². The van der Waals surface area contributed by atoms with Gasteiger partial charge >= 0.3 is 5.51 Å². The quantitative estimate of drug-likeness (QED) is 0.860. The number of alkyl halides is 3. The van der Waals surface area contributed by atoms with E-state index in [1.807, 2.05) is 0 Å². The molecule has 1 aromatic carbocycles. The number of thioether (sulfide) groups is 1. The van der Waals surface area contributed by atoms with E-state index in [4.69, 9.17) is 0 Å². The Hall–Kier alpha value is -2.03. The Morgan fingerprint density at radius 2 is 2.00 bits per heavy atom. The molecule has 0 spiro atoms. The highest BCUT2D eigenvalue weighted by molar-refractivity contribution is 8.00. The first kappa shape index (κ1) is 15.4. The number of hydrogen-bond donors (Lipinski definition) is 1. The van der Waals surface area contributed by atoms with E-state index in [1.165, 1.54) is 12.7 Å². The maximum absolute atomic E-state index is 11.9. The van der Waals surface area contributed by atoms with Crippen LogP contribution in [0.3, 0.4) is 0 Å². The highest BCUT2D eigenvalue weighted by atomic mass is 32.2. The number of benzene rings is 1. The van der Waals surface area contributed by atoms with Crippen molar-refractivity contribution in [3.8, 4) is 5.69 Å². The van der Waals surface area contributed by atoms with Gasteiger partial charge in [-0.2, -0.15) is 13.2 Å². The summed E-state index contributed by atoms with van der Waals surface area (Å²) in [5, 5.41) is 9.76. The molecule has 0 fully saturated rings. The van der Waals surface area contributed by atoms with Gasteiger partial charge in [-0.3, -0.25) is 9.36 Å². The Bertz CT molecular complexity index is 601. The second kappa shape index (κ2) is 6.61. The van der Waals surface area contributed by atoms with Gasteiger partial charge < -0.3 is 5.32 Å². The van der Waals surface area contributed by atoms with E-state index < -0.39 is 11.4 Å². The first-order valence-corrected chi connectivity index (χ1v) is 6.88. The van der Waals surface area contributed by atoms with Gasteiger partial charge in [-0.25, -0.2) is 0 Å². The lowest BCUT2D eigenvalue weighted by Crippen LogP contribution is -2.26. The van der Waals surface area contributed by atoms with Gasteiger partial charge in [0.15, 0.2) is 0 Å². The zero-order chi connectivity index (χ0) is 15.3. The van der Waals surface area contributed by atoms with Crippen LogP contribution in [0.4, 0.5) is 13.2 Å². The molecule has 2 rings (SSSR count). The van der Waals surface area contributed by atoms with Crippen molar-refractivity contribution in [2.75, 3.05) is 12.3 Å². The van der Waals surface area contributed by atoms with E-state index in [0.29, 0.717) is 11.3 Å². The van der Waals surface area contributed by atoms with Crippen LogP contribution in [0.2, 0.25) is 0 Å². The summed E-state index contributed by atoms with van der Waals surface area (Å²) in [6.45, 7) is -0.0557. The minimum atomic E-state index is -4.28. The van der Waals surface area contributed by atoms with E-state index in [2.05, 4.69) is 15.5 Å². The molecule has 1 aromatic heterocycles. The molecule has 0 atom stereocenters. The molecule has 1 heterocycles. The highest BCUT2D eigenvalue weighted by Crippen LogP contribution is 2.29. The van der Waals surface area contributed by atoms with Gasteiger partial charge in [0.25, 0.3) is 5.91 Å². The first-order chi connectivity index (χ1) is 9.96. The van der Waals surface area contributed by atoms with E-state index in [1.54, 1.807) is 28.8 Å². The van der Waals surface area contributed by atoms with Crippen LogP contribution in [-0.4, -0.2) is 38.5 Å². The number of nitrogens with one attached hydrogen (secondary N) is 1. The lowest BCUT2D eigenvalue weighted by Gasteiger charge is -2.08. The fourth-order valence-corrected chi connectivity index (χ4v) is 2.01. The molecule has 0 saturated carbocycles. The van der Waals surface area contributed by atoms with Crippen molar-refractivity contribution < 1.29 is 18.0 Å². The summed E-state index contributed by atoms with van der Waals surface area (Å²) in [4.78, 5) is 11.8. The zero-order valence-electron chi connectivity index (χ0n) is 10.7. The molecule has 0 saturated heterocycles. The van der Waals surface area contributed by atoms with Crippen LogP contribution in [-0.2, 0) is 0 Å². The van der Waals surface area contributed by atoms with Gasteiger partial charge in [-0.05, 0) is 30.0 Å². The zero-order valence-corrected chi connectivity index (χ0v) is 11.5. The second-order valence-corrected chi connectivity index (χ2v) is 5.13. The number of carbonyl (C=O) groups is 1. The molecule has 0 aliphatic heterocycles. The van der Waals surface area contributed by atoms with Gasteiger partial charge in [0.05, 0.1) is 0 Å². The Morgan fingerprint density at radius 3 is 2.67 bits per heavy atom. The molecule has 0 bridgehead atoms. The van der Waals surface area contributed by atoms with Crippen LogP contribution in [0, 0.1) is 0 Å². The summed E-state index contributed by atoms with van der Waals surface area (Å²) in [7, 11) is 0. The first-order valence-electron chi connectivity index (χ1n) is 5.90. The number of carbonyl (C=O) groups excluding carboxylic acids is 1. The van der Waals surface area contributed by atoms with Gasteiger partial charge in [-0.1, -0.05) is 6.07 Å². The fourth-order valence-electron chi connectivity index (χ4n) is 1.58. The summed E-state index contributed by atoms with van der Waals surface area (Å²) >= 11 is -0.163. The number of nitrogens with zero attached hydrogens (tertiary/aromatic N) is 3. The molecular formula is C12H11F3N4OS. The van der Waals surface area contributed by atoms with Crippen molar-refractivity contribution in [3.05, 3.63) is 42.5 Å². The molecule has 112 valence electrons. The third-order valence-corrected chi connectivity index (χ3v) is 3.21. The Morgan fingerprint density at radius 1 is 1.29 bits per heavy atom. The molecule has 1 amide bonds. The fraction of sp³-hybridized carbons (Fsp3) is 0.250. The molecule has 5 nitrogen and oxygen atoms in total. The van der Waals surface area contributed by atoms with Crippen molar-refractivity contribution in [2.24, 2.45) is 0 Å². The van der Waals surface area contributed by atoms with Gasteiger partial charge in [0.1, 0.15) is 12.7 Å². The summed E-state index contributed by atoms with van der Waals surface area (Å²) in [6, 6.07) is 6.63. The third-order valence-electron chi connectivity index (χ3n) is 2.48. The standard InChI is InChI=1S/C12H11F3N4OS/c13-12(14,15)21-5-4-16-11(20)9-2-1-3-10(6-9)19-7-17-18-8-19/h1-3,6-8H,4-5H2,(H,16,20). The van der Waals surface area contributed by atoms with Crippen molar-refractivity contribution in [3.63, 3.8) is 0 Å². The largest absolute Gasteiger partial charge is 0.441 e. The summed E-state index contributed by atoms with van der Waals surface area (Å²) in [5.74, 6) is -0.645. The minimum absolute atomic E-state index is 0.0557. The lowest BCUT2D eigenvalue weighted by molar-refractivity contribution is -0.0327. The molecule has 0 unspecified atom stereocenters. The molecule has 0 aliphatic rings. The van der Waals surface area contributed by atoms with E-state index >= 15 is 0 Å². The average Bonchev–Trinajstić information content (AvgIpc) is 2.96. The number of amides is 1. The van der Waals surface area contributed by atoms with Gasteiger partial charge in [0, 0.05) is 23.5 Å². The van der Waals surface area contributed by atoms with E-state index in [0.717, 1.165) is 0 Å². The van der Waals surface area contributed by atoms with Crippen LogP contribution in [0.1, 0.15) is 10.4 Å². The second-order valence-electron chi connectivity index (χ2n) is 3.97. The van der Waals surface area contributed by atoms with Crippen LogP contribution in [0.5, 0.6) is 0 Å². The molecule has 1 N–H and O–H groups in total. The molecule has 21 heavy (non-hydrogen) atoms. The topological polar surface area (TPSA) is 59.8 Å². The molecule has 0 aliphatic carbocycles. The summed E-state index contributed by atoms with van der Waals surface area (Å²) in [6.07, 6.45) is 2.97. The summed E-state index contributed by atoms with van der Waals surface area (Å²) < 4.78 is 37.5. The predicted octanol–water partition coefficient (Wildman–Crippen LogP) is 2.25. The van der Waals surface area contributed by atoms with Gasteiger partial charge in [0.2, 0.25) is 0 Å². The Labute approximate surface area is 122 Å². The predicted molar refractivity (Wildman–Crippen MR) is 72.2 cm³/mol. The van der Waals surface area contributed by atoms with Crippen LogP contribution in [0.15, 0.2) is 36.9 Å². The van der Waals surface area contributed by atoms with Crippen LogP contribution < -0.4 is 5.32 Å². The molecule has 0 radical (unpaired) electrons. The van der Waals surface area contributed by atoms with Crippen molar-refractivity contribution in [1.82, 2.24) is 20.1 Å². The van der Waals surface area contributed by atoms with Crippen molar-refractivity contribution >= 4 is 17.7 Å². The minimum Gasteiger partial charge on any atom is -0.351 e. The Balaban J connectivity index is 1.92. The average molecular weight is 316 g/mol. The van der Waals surface area contributed by atoms with Gasteiger partial charge in [-0.15, -0.1) is 10.2 Å². The SMILES string of the molecule is O=C(NCCSC(F)(F)F)c1cccc(-n2cnnc2)c1. The third kappa shape index (κ3) is 4.78. The Kier molecular flexibility index (Phi) is 4.84. The van der Waals surface area contributed by atoms with Crippen molar-refractivity contribution in [2.45, 2.75) is 5.51 Å². The van der Waals surface area contributed by atoms with Crippen LogP contribution in [0.25, 0.3) is 5.69 Å². The highest BCUT2D eigenvalue weighted by Gasteiger charge is 2.27. The molecule has 2 aromatic rings. The normalized spacial score (nSPS) is 11.4. The number of rotatable bonds is 5. The molecule has 9 heteroatoms. The van der Waals surface area contributed by atoms with Crippen molar-refractivity contribution in [1.29, 1.82) is 0 Å². The maximum Gasteiger partial charge on any atom is 0.441 e. The van der Waals surface area contributed by atoms with E-state index in [-0.39, 0.29) is 24.1 Å². The smallest absolute Gasteiger partial charge is 0.351 e. The monoisotopic (exact) mass is 316 g/mol. The maximum atomic E-state index is 11.9. The van der Waals surface area contributed by atoms with E-state index in [9.17, 15) is 18.0 Å². The summed E-state index contributed by atoms with van der Waals surface area (Å²) in [5.41, 5.74) is -3.23.